The smallest absolute Gasteiger partial charge is 0.222 e. The molecule has 4 heteroatoms. The molecule has 1 aliphatic rings. The van der Waals surface area contributed by atoms with Crippen LogP contribution in [0.25, 0.3) is 0 Å². The summed E-state index contributed by atoms with van der Waals surface area (Å²) in [6, 6.07) is 1.90. The summed E-state index contributed by atoms with van der Waals surface area (Å²) in [6.45, 7) is 1.55. The van der Waals surface area contributed by atoms with E-state index in [1.807, 2.05) is 11.0 Å². The van der Waals surface area contributed by atoms with Gasteiger partial charge in [0.25, 0.3) is 0 Å². The normalized spacial score (nSPS) is 17.5. The second-order valence-electron chi connectivity index (χ2n) is 3.53. The zero-order valence-electron chi connectivity index (χ0n) is 7.83. The van der Waals surface area contributed by atoms with Gasteiger partial charge in [0.15, 0.2) is 4.67 Å². The van der Waals surface area contributed by atoms with Crippen LogP contribution in [-0.4, -0.2) is 17.4 Å². The molecule has 1 amide bonds. The summed E-state index contributed by atoms with van der Waals surface area (Å²) in [6.07, 6.45) is 4.53. The van der Waals surface area contributed by atoms with Crippen molar-refractivity contribution in [2.45, 2.75) is 25.8 Å². The SMILES string of the molecule is O=C1CCCCN1Cc1coc(Br)c1. The number of carbonyl (C=O) groups excluding carboxylic acids is 1. The lowest BCUT2D eigenvalue weighted by Crippen LogP contribution is -2.34. The van der Waals surface area contributed by atoms with Crippen LogP contribution in [0.3, 0.4) is 0 Å². The highest BCUT2D eigenvalue weighted by molar-refractivity contribution is 9.10. The summed E-state index contributed by atoms with van der Waals surface area (Å²) in [5.41, 5.74) is 1.05. The molecule has 0 atom stereocenters. The molecule has 0 aliphatic carbocycles. The fourth-order valence-electron chi connectivity index (χ4n) is 1.68. The minimum Gasteiger partial charge on any atom is -0.457 e. The van der Waals surface area contributed by atoms with E-state index in [1.54, 1.807) is 6.26 Å². The van der Waals surface area contributed by atoms with Crippen molar-refractivity contribution < 1.29 is 9.21 Å². The van der Waals surface area contributed by atoms with Crippen LogP contribution >= 0.6 is 15.9 Å². The highest BCUT2D eigenvalue weighted by atomic mass is 79.9. The number of likely N-dealkylation sites (tertiary alicyclic amines) is 1. The van der Waals surface area contributed by atoms with Crippen LogP contribution in [0.1, 0.15) is 24.8 Å². The maximum absolute atomic E-state index is 11.5. The van der Waals surface area contributed by atoms with E-state index in [0.717, 1.165) is 29.6 Å². The Morgan fingerprint density at radius 3 is 3.00 bits per heavy atom. The van der Waals surface area contributed by atoms with Gasteiger partial charge < -0.3 is 9.32 Å². The van der Waals surface area contributed by atoms with Gasteiger partial charge in [0.2, 0.25) is 5.91 Å². The molecule has 1 aromatic heterocycles. The first-order chi connectivity index (χ1) is 6.75. The van der Waals surface area contributed by atoms with Crippen LogP contribution in [0.5, 0.6) is 0 Å². The third kappa shape index (κ3) is 2.18. The molecule has 76 valence electrons. The molecule has 1 aliphatic heterocycles. The first kappa shape index (κ1) is 9.77. The number of piperidine rings is 1. The van der Waals surface area contributed by atoms with Crippen molar-refractivity contribution in [3.63, 3.8) is 0 Å². The molecule has 1 aromatic rings. The van der Waals surface area contributed by atoms with Crippen molar-refractivity contribution in [2.75, 3.05) is 6.54 Å². The second kappa shape index (κ2) is 4.17. The van der Waals surface area contributed by atoms with Crippen molar-refractivity contribution in [1.29, 1.82) is 0 Å². The molecule has 0 bridgehead atoms. The molecule has 2 heterocycles. The van der Waals surface area contributed by atoms with Crippen molar-refractivity contribution in [3.05, 3.63) is 22.6 Å². The van der Waals surface area contributed by atoms with E-state index >= 15 is 0 Å². The van der Waals surface area contributed by atoms with E-state index in [1.165, 1.54) is 0 Å². The molecular formula is C10H12BrNO2. The standard InChI is InChI=1S/C10H12BrNO2/c11-9-5-8(7-14-9)6-12-4-2-1-3-10(12)13/h5,7H,1-4,6H2. The van der Waals surface area contributed by atoms with Crippen LogP contribution in [0.4, 0.5) is 0 Å². The Morgan fingerprint density at radius 1 is 1.50 bits per heavy atom. The lowest BCUT2D eigenvalue weighted by molar-refractivity contribution is -0.133. The molecule has 0 radical (unpaired) electrons. The van der Waals surface area contributed by atoms with Gasteiger partial charge in [-0.15, -0.1) is 0 Å². The predicted octanol–water partition coefficient (Wildman–Crippen LogP) is 2.55. The fourth-order valence-corrected chi connectivity index (χ4v) is 2.07. The van der Waals surface area contributed by atoms with E-state index < -0.39 is 0 Å². The summed E-state index contributed by atoms with van der Waals surface area (Å²) in [5.74, 6) is 0.258. The Bertz CT molecular complexity index is 335. The molecule has 3 nitrogen and oxygen atoms in total. The Labute approximate surface area is 91.2 Å². The molecule has 14 heavy (non-hydrogen) atoms. The number of halogens is 1. The first-order valence-electron chi connectivity index (χ1n) is 4.76. The minimum absolute atomic E-state index is 0.258. The van der Waals surface area contributed by atoms with Gasteiger partial charge in [-0.25, -0.2) is 0 Å². The lowest BCUT2D eigenvalue weighted by atomic mass is 10.1. The van der Waals surface area contributed by atoms with Crippen LogP contribution in [0.15, 0.2) is 21.4 Å². The monoisotopic (exact) mass is 257 g/mol. The molecule has 0 aromatic carbocycles. The Kier molecular flexibility index (Phi) is 2.91. The zero-order valence-corrected chi connectivity index (χ0v) is 9.42. The summed E-state index contributed by atoms with van der Waals surface area (Å²) in [4.78, 5) is 13.4. The van der Waals surface area contributed by atoms with Crippen LogP contribution in [0.2, 0.25) is 0 Å². The fraction of sp³-hybridized carbons (Fsp3) is 0.500. The van der Waals surface area contributed by atoms with E-state index in [9.17, 15) is 4.79 Å². The number of rotatable bonds is 2. The maximum atomic E-state index is 11.5. The molecule has 2 rings (SSSR count). The average Bonchev–Trinajstić information content (AvgIpc) is 2.56. The number of nitrogens with zero attached hydrogens (tertiary/aromatic N) is 1. The van der Waals surface area contributed by atoms with Gasteiger partial charge in [0.1, 0.15) is 0 Å². The molecule has 1 fully saturated rings. The third-order valence-corrected chi connectivity index (χ3v) is 2.83. The van der Waals surface area contributed by atoms with E-state index in [-0.39, 0.29) is 5.91 Å². The van der Waals surface area contributed by atoms with Crippen LogP contribution in [-0.2, 0) is 11.3 Å². The third-order valence-electron chi connectivity index (χ3n) is 2.42. The van der Waals surface area contributed by atoms with Gasteiger partial charge in [-0.1, -0.05) is 0 Å². The van der Waals surface area contributed by atoms with Crippen molar-refractivity contribution in [3.8, 4) is 0 Å². The van der Waals surface area contributed by atoms with Crippen molar-refractivity contribution in [1.82, 2.24) is 4.90 Å². The quantitative estimate of drug-likeness (QED) is 0.816. The minimum atomic E-state index is 0.258. The molecule has 0 N–H and O–H groups in total. The van der Waals surface area contributed by atoms with E-state index in [0.29, 0.717) is 13.0 Å². The Balaban J connectivity index is 1.99. The van der Waals surface area contributed by atoms with Gasteiger partial charge in [0, 0.05) is 25.1 Å². The molecule has 0 unspecified atom stereocenters. The second-order valence-corrected chi connectivity index (χ2v) is 4.31. The molecule has 0 spiro atoms. The van der Waals surface area contributed by atoms with Gasteiger partial charge in [-0.3, -0.25) is 4.79 Å². The van der Waals surface area contributed by atoms with Gasteiger partial charge >= 0.3 is 0 Å². The number of furan rings is 1. The van der Waals surface area contributed by atoms with Crippen LogP contribution in [0, 0.1) is 0 Å². The van der Waals surface area contributed by atoms with Crippen LogP contribution < -0.4 is 0 Å². The highest BCUT2D eigenvalue weighted by Crippen LogP contribution is 2.18. The van der Waals surface area contributed by atoms with Gasteiger partial charge in [0.05, 0.1) is 6.26 Å². The summed E-state index contributed by atoms with van der Waals surface area (Å²) >= 11 is 3.24. The summed E-state index contributed by atoms with van der Waals surface area (Å²) in [7, 11) is 0. The molecule has 1 saturated heterocycles. The maximum Gasteiger partial charge on any atom is 0.222 e. The summed E-state index contributed by atoms with van der Waals surface area (Å²) in [5, 5.41) is 0. The van der Waals surface area contributed by atoms with Crippen molar-refractivity contribution in [2.24, 2.45) is 0 Å². The Morgan fingerprint density at radius 2 is 2.36 bits per heavy atom. The number of amides is 1. The first-order valence-corrected chi connectivity index (χ1v) is 5.56. The zero-order chi connectivity index (χ0) is 9.97. The van der Waals surface area contributed by atoms with E-state index in [2.05, 4.69) is 15.9 Å². The lowest BCUT2D eigenvalue weighted by Gasteiger charge is -2.25. The van der Waals surface area contributed by atoms with Crippen molar-refractivity contribution >= 4 is 21.8 Å². The summed E-state index contributed by atoms with van der Waals surface area (Å²) < 4.78 is 5.84. The molecule has 0 saturated carbocycles. The largest absolute Gasteiger partial charge is 0.457 e. The van der Waals surface area contributed by atoms with Gasteiger partial charge in [-0.05, 0) is 34.8 Å². The average molecular weight is 258 g/mol. The predicted molar refractivity (Wildman–Crippen MR) is 55.7 cm³/mol. The van der Waals surface area contributed by atoms with Gasteiger partial charge in [-0.2, -0.15) is 0 Å². The highest BCUT2D eigenvalue weighted by Gasteiger charge is 2.18. The number of hydrogen-bond acceptors (Lipinski definition) is 2. The Hall–Kier alpha value is -0.770. The van der Waals surface area contributed by atoms with E-state index in [4.69, 9.17) is 4.42 Å². The number of hydrogen-bond donors (Lipinski definition) is 0. The molecular weight excluding hydrogens is 246 g/mol. The topological polar surface area (TPSA) is 33.5 Å². The number of carbonyl (C=O) groups is 1.